The summed E-state index contributed by atoms with van der Waals surface area (Å²) in [5.74, 6) is 0. The van der Waals surface area contributed by atoms with Gasteiger partial charge in [0.1, 0.15) is 0 Å². The fourth-order valence-corrected chi connectivity index (χ4v) is 1.26. The number of nitrogens with two attached hydrogens (primary N) is 1. The van der Waals surface area contributed by atoms with Gasteiger partial charge in [-0.15, -0.1) is 0 Å². The molecule has 0 aliphatic heterocycles. The molecule has 66 valence electrons. The van der Waals surface area contributed by atoms with Crippen LogP contribution in [0.2, 0.25) is 0 Å². The molecule has 0 bridgehead atoms. The standard InChI is InChI=1S/C9H12BrNO/c1-6-4-7(9(12)5-11)2-3-8(6)10/h2-4,9,12H,5,11H2,1H3. The van der Waals surface area contributed by atoms with Crippen molar-refractivity contribution in [1.29, 1.82) is 0 Å². The molecule has 2 nitrogen and oxygen atoms in total. The summed E-state index contributed by atoms with van der Waals surface area (Å²) in [6.45, 7) is 2.25. The predicted octanol–water partition coefficient (Wildman–Crippen LogP) is 1.75. The Balaban J connectivity index is 2.96. The third-order valence-corrected chi connectivity index (χ3v) is 2.68. The Morgan fingerprint density at radius 2 is 2.25 bits per heavy atom. The van der Waals surface area contributed by atoms with Crippen molar-refractivity contribution in [3.05, 3.63) is 33.8 Å². The molecule has 0 radical (unpaired) electrons. The van der Waals surface area contributed by atoms with Gasteiger partial charge in [0.05, 0.1) is 6.10 Å². The van der Waals surface area contributed by atoms with Crippen molar-refractivity contribution in [1.82, 2.24) is 0 Å². The average Bonchev–Trinajstić information content (AvgIpc) is 2.08. The zero-order valence-electron chi connectivity index (χ0n) is 6.92. The van der Waals surface area contributed by atoms with E-state index in [0.29, 0.717) is 0 Å². The Morgan fingerprint density at radius 1 is 1.58 bits per heavy atom. The molecule has 1 rings (SSSR count). The number of hydrogen-bond donors (Lipinski definition) is 2. The van der Waals surface area contributed by atoms with Crippen LogP contribution >= 0.6 is 15.9 Å². The van der Waals surface area contributed by atoms with Crippen LogP contribution in [0.3, 0.4) is 0 Å². The van der Waals surface area contributed by atoms with Crippen molar-refractivity contribution in [3.63, 3.8) is 0 Å². The molecule has 3 N–H and O–H groups in total. The van der Waals surface area contributed by atoms with Crippen LogP contribution in [0.4, 0.5) is 0 Å². The van der Waals surface area contributed by atoms with E-state index in [1.807, 2.05) is 25.1 Å². The van der Waals surface area contributed by atoms with Crippen LogP contribution in [0.15, 0.2) is 22.7 Å². The topological polar surface area (TPSA) is 46.2 Å². The number of rotatable bonds is 2. The molecule has 1 aromatic rings. The van der Waals surface area contributed by atoms with Gasteiger partial charge in [-0.1, -0.05) is 28.1 Å². The fraction of sp³-hybridized carbons (Fsp3) is 0.333. The Hall–Kier alpha value is -0.380. The number of benzene rings is 1. The normalized spacial score (nSPS) is 13.0. The van der Waals surface area contributed by atoms with Crippen LogP contribution in [0, 0.1) is 6.92 Å². The lowest BCUT2D eigenvalue weighted by atomic mass is 10.1. The Kier molecular flexibility index (Phi) is 3.26. The quantitative estimate of drug-likeness (QED) is 0.812. The maximum atomic E-state index is 9.40. The molecule has 0 aliphatic rings. The SMILES string of the molecule is Cc1cc(C(O)CN)ccc1Br. The minimum Gasteiger partial charge on any atom is -0.387 e. The second-order valence-corrected chi connectivity index (χ2v) is 3.61. The lowest BCUT2D eigenvalue weighted by Crippen LogP contribution is -2.11. The molecular formula is C9H12BrNO. The van der Waals surface area contributed by atoms with Gasteiger partial charge in [0.25, 0.3) is 0 Å². The molecule has 0 aliphatic carbocycles. The minimum atomic E-state index is -0.545. The lowest BCUT2D eigenvalue weighted by Gasteiger charge is -2.09. The first-order valence-corrected chi connectivity index (χ1v) is 4.58. The average molecular weight is 230 g/mol. The molecule has 3 heteroatoms. The first-order chi connectivity index (χ1) is 5.65. The van der Waals surface area contributed by atoms with Crippen molar-refractivity contribution in [2.45, 2.75) is 13.0 Å². The van der Waals surface area contributed by atoms with E-state index >= 15 is 0 Å². The molecule has 0 spiro atoms. The summed E-state index contributed by atoms with van der Waals surface area (Å²) in [6.07, 6.45) is -0.545. The molecule has 0 heterocycles. The highest BCUT2D eigenvalue weighted by molar-refractivity contribution is 9.10. The molecule has 0 aromatic heterocycles. The second-order valence-electron chi connectivity index (χ2n) is 2.76. The van der Waals surface area contributed by atoms with Gasteiger partial charge < -0.3 is 10.8 Å². The number of aliphatic hydroxyl groups excluding tert-OH is 1. The van der Waals surface area contributed by atoms with Gasteiger partial charge in [0.15, 0.2) is 0 Å². The predicted molar refractivity (Wildman–Crippen MR) is 52.9 cm³/mol. The van der Waals surface area contributed by atoms with Crippen molar-refractivity contribution >= 4 is 15.9 Å². The Bertz CT molecular complexity index is 275. The maximum absolute atomic E-state index is 9.40. The van der Waals surface area contributed by atoms with Crippen LogP contribution in [-0.4, -0.2) is 11.7 Å². The number of halogens is 1. The van der Waals surface area contributed by atoms with E-state index in [2.05, 4.69) is 15.9 Å². The molecule has 0 amide bonds. The zero-order chi connectivity index (χ0) is 9.14. The van der Waals surface area contributed by atoms with Crippen molar-refractivity contribution in [3.8, 4) is 0 Å². The smallest absolute Gasteiger partial charge is 0.0912 e. The van der Waals surface area contributed by atoms with Gasteiger partial charge in [0, 0.05) is 11.0 Å². The van der Waals surface area contributed by atoms with Crippen LogP contribution < -0.4 is 5.73 Å². The van der Waals surface area contributed by atoms with Gasteiger partial charge in [-0.05, 0) is 24.1 Å². The van der Waals surface area contributed by atoms with Crippen LogP contribution in [-0.2, 0) is 0 Å². The highest BCUT2D eigenvalue weighted by Crippen LogP contribution is 2.20. The molecule has 0 fully saturated rings. The molecule has 1 aromatic carbocycles. The molecule has 12 heavy (non-hydrogen) atoms. The summed E-state index contributed by atoms with van der Waals surface area (Å²) in [5.41, 5.74) is 7.31. The highest BCUT2D eigenvalue weighted by Gasteiger charge is 2.05. The summed E-state index contributed by atoms with van der Waals surface area (Å²) >= 11 is 3.39. The maximum Gasteiger partial charge on any atom is 0.0912 e. The van der Waals surface area contributed by atoms with Crippen molar-refractivity contribution in [2.24, 2.45) is 5.73 Å². The van der Waals surface area contributed by atoms with E-state index in [9.17, 15) is 5.11 Å². The molecule has 1 atom stereocenters. The third kappa shape index (κ3) is 2.06. The van der Waals surface area contributed by atoms with E-state index in [1.165, 1.54) is 0 Å². The Labute approximate surface area is 80.5 Å². The first kappa shape index (κ1) is 9.71. The first-order valence-electron chi connectivity index (χ1n) is 3.79. The summed E-state index contributed by atoms with van der Waals surface area (Å²) in [5, 5.41) is 9.40. The fourth-order valence-electron chi connectivity index (χ4n) is 1.01. The molecular weight excluding hydrogens is 218 g/mol. The summed E-state index contributed by atoms with van der Waals surface area (Å²) in [6, 6.07) is 5.72. The van der Waals surface area contributed by atoms with Crippen molar-refractivity contribution in [2.75, 3.05) is 6.54 Å². The number of aliphatic hydroxyl groups is 1. The highest BCUT2D eigenvalue weighted by atomic mass is 79.9. The minimum absolute atomic E-state index is 0.265. The van der Waals surface area contributed by atoms with E-state index in [1.54, 1.807) is 0 Å². The summed E-state index contributed by atoms with van der Waals surface area (Å²) < 4.78 is 1.05. The third-order valence-electron chi connectivity index (χ3n) is 1.79. The molecule has 0 saturated carbocycles. The lowest BCUT2D eigenvalue weighted by molar-refractivity contribution is 0.186. The van der Waals surface area contributed by atoms with Gasteiger partial charge in [0.2, 0.25) is 0 Å². The summed E-state index contributed by atoms with van der Waals surface area (Å²) in [4.78, 5) is 0. The zero-order valence-corrected chi connectivity index (χ0v) is 8.51. The number of hydrogen-bond acceptors (Lipinski definition) is 2. The van der Waals surface area contributed by atoms with E-state index < -0.39 is 6.10 Å². The monoisotopic (exact) mass is 229 g/mol. The summed E-state index contributed by atoms with van der Waals surface area (Å²) in [7, 11) is 0. The molecule has 0 saturated heterocycles. The Morgan fingerprint density at radius 3 is 2.75 bits per heavy atom. The van der Waals surface area contributed by atoms with Gasteiger partial charge in [-0.3, -0.25) is 0 Å². The second kappa shape index (κ2) is 4.03. The van der Waals surface area contributed by atoms with Gasteiger partial charge in [-0.2, -0.15) is 0 Å². The molecule has 1 unspecified atom stereocenters. The van der Waals surface area contributed by atoms with E-state index in [-0.39, 0.29) is 6.54 Å². The van der Waals surface area contributed by atoms with Gasteiger partial charge in [-0.25, -0.2) is 0 Å². The van der Waals surface area contributed by atoms with Crippen LogP contribution in [0.5, 0.6) is 0 Å². The van der Waals surface area contributed by atoms with Crippen LogP contribution in [0.25, 0.3) is 0 Å². The van der Waals surface area contributed by atoms with E-state index in [4.69, 9.17) is 5.73 Å². The number of aryl methyl sites for hydroxylation is 1. The largest absolute Gasteiger partial charge is 0.387 e. The van der Waals surface area contributed by atoms with Crippen molar-refractivity contribution < 1.29 is 5.11 Å². The van der Waals surface area contributed by atoms with Gasteiger partial charge >= 0.3 is 0 Å². The van der Waals surface area contributed by atoms with E-state index in [0.717, 1.165) is 15.6 Å². The van der Waals surface area contributed by atoms with Crippen LogP contribution in [0.1, 0.15) is 17.2 Å².